The van der Waals surface area contributed by atoms with Crippen LogP contribution in [0.15, 0.2) is 36.4 Å². The lowest BCUT2D eigenvalue weighted by atomic mass is 10.1. The summed E-state index contributed by atoms with van der Waals surface area (Å²) < 4.78 is 2.14. The number of Topliss-reactive ketones (excluding diaryl/α,β-unsaturated/α-hetero) is 1. The van der Waals surface area contributed by atoms with Crippen LogP contribution in [0.5, 0.6) is 0 Å². The summed E-state index contributed by atoms with van der Waals surface area (Å²) in [5, 5.41) is 0. The Kier molecular flexibility index (Phi) is 5.04. The summed E-state index contributed by atoms with van der Waals surface area (Å²) in [4.78, 5) is 27.4. The zero-order chi connectivity index (χ0) is 18.0. The SMILES string of the molecule is CC(=O)N1CC[NH+](CC(=O)c2cc(C)n(-c3ccccc3)c2C)CC1. The van der Waals surface area contributed by atoms with Gasteiger partial charge in [-0.05, 0) is 32.0 Å². The van der Waals surface area contributed by atoms with Crippen LogP contribution < -0.4 is 4.90 Å². The van der Waals surface area contributed by atoms with Crippen molar-refractivity contribution in [3.8, 4) is 5.69 Å². The van der Waals surface area contributed by atoms with E-state index in [0.29, 0.717) is 6.54 Å². The molecule has 3 rings (SSSR count). The van der Waals surface area contributed by atoms with Crippen LogP contribution in [0.2, 0.25) is 0 Å². The van der Waals surface area contributed by atoms with Crippen molar-refractivity contribution in [1.82, 2.24) is 9.47 Å². The van der Waals surface area contributed by atoms with Gasteiger partial charge in [-0.3, -0.25) is 9.59 Å². The van der Waals surface area contributed by atoms with Gasteiger partial charge in [0, 0.05) is 29.6 Å². The highest BCUT2D eigenvalue weighted by molar-refractivity contribution is 5.98. The minimum Gasteiger partial charge on any atom is -0.332 e. The van der Waals surface area contributed by atoms with Crippen molar-refractivity contribution >= 4 is 11.7 Å². The van der Waals surface area contributed by atoms with E-state index in [1.807, 2.05) is 43.0 Å². The van der Waals surface area contributed by atoms with E-state index in [1.54, 1.807) is 6.92 Å². The maximum absolute atomic E-state index is 12.8. The van der Waals surface area contributed by atoms with E-state index in [4.69, 9.17) is 0 Å². The molecule has 0 atom stereocenters. The van der Waals surface area contributed by atoms with E-state index in [1.165, 1.54) is 4.90 Å². The third-order valence-electron chi connectivity index (χ3n) is 5.07. The number of nitrogens with one attached hydrogen (secondary N) is 1. The topological polar surface area (TPSA) is 46.8 Å². The molecule has 0 radical (unpaired) electrons. The molecule has 1 saturated heterocycles. The van der Waals surface area contributed by atoms with Gasteiger partial charge >= 0.3 is 0 Å². The highest BCUT2D eigenvalue weighted by Crippen LogP contribution is 2.20. The van der Waals surface area contributed by atoms with E-state index in [0.717, 1.165) is 48.8 Å². The molecule has 1 aromatic heterocycles. The lowest BCUT2D eigenvalue weighted by Crippen LogP contribution is -3.15. The number of para-hydroxylation sites is 1. The van der Waals surface area contributed by atoms with E-state index >= 15 is 0 Å². The molecular weight excluding hydrogens is 314 g/mol. The molecule has 0 aliphatic carbocycles. The zero-order valence-electron chi connectivity index (χ0n) is 15.2. The van der Waals surface area contributed by atoms with Gasteiger partial charge in [0.15, 0.2) is 0 Å². The zero-order valence-corrected chi connectivity index (χ0v) is 15.2. The lowest BCUT2D eigenvalue weighted by molar-refractivity contribution is -0.895. The minimum atomic E-state index is 0.122. The molecule has 2 heterocycles. The number of carbonyl (C=O) groups excluding carboxylic acids is 2. The Labute approximate surface area is 148 Å². The Morgan fingerprint density at radius 3 is 2.32 bits per heavy atom. The van der Waals surface area contributed by atoms with Crippen molar-refractivity contribution < 1.29 is 14.5 Å². The molecule has 1 aromatic carbocycles. The molecule has 25 heavy (non-hydrogen) atoms. The standard InChI is InChI=1S/C20H25N3O2/c1-15-13-19(16(2)23(15)18-7-5-4-6-8-18)20(25)14-21-9-11-22(12-10-21)17(3)24/h4-8,13H,9-12,14H2,1-3H3/p+1. The molecule has 1 fully saturated rings. The number of amides is 1. The molecule has 132 valence electrons. The van der Waals surface area contributed by atoms with Crippen LogP contribution in [-0.2, 0) is 4.79 Å². The van der Waals surface area contributed by atoms with Gasteiger partial charge in [-0.1, -0.05) is 18.2 Å². The summed E-state index contributed by atoms with van der Waals surface area (Å²) in [6.45, 7) is 9.29. The van der Waals surface area contributed by atoms with Crippen LogP contribution in [0.3, 0.4) is 0 Å². The summed E-state index contributed by atoms with van der Waals surface area (Å²) in [5.41, 5.74) is 3.96. The van der Waals surface area contributed by atoms with E-state index in [9.17, 15) is 9.59 Å². The fourth-order valence-electron chi connectivity index (χ4n) is 3.66. The first-order chi connectivity index (χ1) is 12.0. The van der Waals surface area contributed by atoms with Crippen LogP contribution in [-0.4, -0.2) is 53.9 Å². The number of ketones is 1. The fraction of sp³-hybridized carbons (Fsp3) is 0.400. The quantitative estimate of drug-likeness (QED) is 0.845. The van der Waals surface area contributed by atoms with Crippen LogP contribution in [0.4, 0.5) is 0 Å². The lowest BCUT2D eigenvalue weighted by Gasteiger charge is -2.31. The van der Waals surface area contributed by atoms with Crippen molar-refractivity contribution in [3.63, 3.8) is 0 Å². The van der Waals surface area contributed by atoms with Crippen molar-refractivity contribution in [2.24, 2.45) is 0 Å². The second-order valence-corrected chi connectivity index (χ2v) is 6.81. The van der Waals surface area contributed by atoms with E-state index in [-0.39, 0.29) is 11.7 Å². The van der Waals surface area contributed by atoms with Crippen LogP contribution in [0, 0.1) is 13.8 Å². The maximum atomic E-state index is 12.8. The van der Waals surface area contributed by atoms with Gasteiger partial charge in [0.1, 0.15) is 6.54 Å². The summed E-state index contributed by atoms with van der Waals surface area (Å²) in [6, 6.07) is 12.1. The molecule has 5 nitrogen and oxygen atoms in total. The number of quaternary nitrogens is 1. The predicted molar refractivity (Wildman–Crippen MR) is 97.4 cm³/mol. The Morgan fingerprint density at radius 1 is 1.08 bits per heavy atom. The third-order valence-corrected chi connectivity index (χ3v) is 5.07. The van der Waals surface area contributed by atoms with Crippen LogP contribution >= 0.6 is 0 Å². The van der Waals surface area contributed by atoms with Crippen LogP contribution in [0.25, 0.3) is 5.69 Å². The van der Waals surface area contributed by atoms with Gasteiger partial charge in [0.2, 0.25) is 11.7 Å². The minimum absolute atomic E-state index is 0.122. The summed E-state index contributed by atoms with van der Waals surface area (Å²) in [7, 11) is 0. The molecule has 1 N–H and O–H groups in total. The first kappa shape index (κ1) is 17.4. The normalized spacial score (nSPS) is 15.4. The number of rotatable bonds is 4. The van der Waals surface area contributed by atoms with Crippen molar-refractivity contribution in [3.05, 3.63) is 53.3 Å². The Hall–Kier alpha value is -2.40. The monoisotopic (exact) mass is 340 g/mol. The first-order valence-corrected chi connectivity index (χ1v) is 8.84. The second kappa shape index (κ2) is 7.23. The molecule has 5 heteroatoms. The number of nitrogens with zero attached hydrogens (tertiary/aromatic N) is 2. The second-order valence-electron chi connectivity index (χ2n) is 6.81. The van der Waals surface area contributed by atoms with Gasteiger partial charge in [-0.2, -0.15) is 0 Å². The fourth-order valence-corrected chi connectivity index (χ4v) is 3.66. The van der Waals surface area contributed by atoms with Crippen molar-refractivity contribution in [1.29, 1.82) is 0 Å². The molecule has 0 unspecified atom stereocenters. The number of piperazine rings is 1. The highest BCUT2D eigenvalue weighted by Gasteiger charge is 2.25. The molecule has 0 saturated carbocycles. The Balaban J connectivity index is 1.73. The van der Waals surface area contributed by atoms with Crippen LogP contribution in [0.1, 0.15) is 28.7 Å². The molecule has 1 aliphatic rings. The number of benzene rings is 1. The molecule has 0 bridgehead atoms. The number of hydrogen-bond donors (Lipinski definition) is 1. The van der Waals surface area contributed by atoms with Gasteiger partial charge in [0.05, 0.1) is 26.2 Å². The number of hydrogen-bond acceptors (Lipinski definition) is 2. The molecule has 2 aromatic rings. The Morgan fingerprint density at radius 2 is 1.72 bits per heavy atom. The summed E-state index contributed by atoms with van der Waals surface area (Å²) >= 11 is 0. The molecular formula is C20H26N3O2+. The number of carbonyl (C=O) groups is 2. The Bertz CT molecular complexity index is 772. The summed E-state index contributed by atoms with van der Waals surface area (Å²) in [6.07, 6.45) is 0. The van der Waals surface area contributed by atoms with Gasteiger partial charge in [-0.15, -0.1) is 0 Å². The molecule has 0 spiro atoms. The predicted octanol–water partition coefficient (Wildman–Crippen LogP) is 1.02. The average Bonchev–Trinajstić information content (AvgIpc) is 2.90. The van der Waals surface area contributed by atoms with Crippen molar-refractivity contribution in [2.45, 2.75) is 20.8 Å². The molecule has 1 amide bonds. The molecule has 1 aliphatic heterocycles. The first-order valence-electron chi connectivity index (χ1n) is 8.84. The number of aryl methyl sites for hydroxylation is 1. The highest BCUT2D eigenvalue weighted by atomic mass is 16.2. The smallest absolute Gasteiger partial charge is 0.219 e. The summed E-state index contributed by atoms with van der Waals surface area (Å²) in [5.74, 6) is 0.304. The van der Waals surface area contributed by atoms with Gasteiger partial charge in [-0.25, -0.2) is 0 Å². The third kappa shape index (κ3) is 3.66. The van der Waals surface area contributed by atoms with E-state index in [2.05, 4.69) is 16.7 Å². The van der Waals surface area contributed by atoms with Gasteiger partial charge < -0.3 is 14.4 Å². The maximum Gasteiger partial charge on any atom is 0.219 e. The van der Waals surface area contributed by atoms with Crippen molar-refractivity contribution in [2.75, 3.05) is 32.7 Å². The van der Waals surface area contributed by atoms with E-state index < -0.39 is 0 Å². The number of aromatic nitrogens is 1. The largest absolute Gasteiger partial charge is 0.332 e. The van der Waals surface area contributed by atoms with Gasteiger partial charge in [0.25, 0.3) is 0 Å². The average molecular weight is 340 g/mol.